The number of rotatable bonds is 8. The molecule has 1 fully saturated rings. The Bertz CT molecular complexity index is 1280. The Labute approximate surface area is 216 Å². The van der Waals surface area contributed by atoms with Crippen LogP contribution in [0.3, 0.4) is 0 Å². The van der Waals surface area contributed by atoms with Crippen LogP contribution in [0.25, 0.3) is 0 Å². The smallest absolute Gasteiger partial charge is 0.255 e. The van der Waals surface area contributed by atoms with Crippen LogP contribution in [0.15, 0.2) is 84.2 Å². The van der Waals surface area contributed by atoms with Gasteiger partial charge in [0.2, 0.25) is 0 Å². The van der Waals surface area contributed by atoms with Crippen molar-refractivity contribution < 1.29 is 9.53 Å². The van der Waals surface area contributed by atoms with Crippen molar-refractivity contribution in [1.82, 2.24) is 9.88 Å². The molecule has 5 rings (SSSR count). The second-order valence-electron chi connectivity index (χ2n) is 8.92. The number of hydrogen-bond donors (Lipinski definition) is 1. The van der Waals surface area contributed by atoms with Gasteiger partial charge in [-0.15, -0.1) is 11.3 Å². The number of anilines is 2. The van der Waals surface area contributed by atoms with E-state index in [-0.39, 0.29) is 5.91 Å². The summed E-state index contributed by atoms with van der Waals surface area (Å²) in [5, 5.41) is 5.99. The maximum atomic E-state index is 12.8. The number of piperazine rings is 1. The molecule has 1 aliphatic rings. The van der Waals surface area contributed by atoms with Crippen molar-refractivity contribution in [2.24, 2.45) is 0 Å². The van der Waals surface area contributed by atoms with Crippen LogP contribution in [0.1, 0.15) is 26.6 Å². The Morgan fingerprint density at radius 2 is 1.75 bits per heavy atom. The summed E-state index contributed by atoms with van der Waals surface area (Å²) in [7, 11) is 0. The molecule has 3 aromatic carbocycles. The van der Waals surface area contributed by atoms with Crippen LogP contribution in [0.2, 0.25) is 0 Å². The predicted octanol–water partition coefficient (Wildman–Crippen LogP) is 5.61. The summed E-state index contributed by atoms with van der Waals surface area (Å²) in [6, 6.07) is 26.0. The van der Waals surface area contributed by atoms with Crippen molar-refractivity contribution in [2.45, 2.75) is 20.1 Å². The molecule has 4 aromatic rings. The molecule has 7 heteroatoms. The lowest BCUT2D eigenvalue weighted by molar-refractivity contribution is 0.102. The molecule has 0 atom stereocenters. The molecule has 0 spiro atoms. The van der Waals surface area contributed by atoms with Gasteiger partial charge in [-0.3, -0.25) is 9.69 Å². The van der Waals surface area contributed by atoms with Crippen LogP contribution < -0.4 is 15.0 Å². The minimum Gasteiger partial charge on any atom is -0.487 e. The number of amides is 1. The average Bonchev–Trinajstić information content (AvgIpc) is 3.34. The molecule has 1 N–H and O–H groups in total. The van der Waals surface area contributed by atoms with Crippen LogP contribution in [-0.2, 0) is 13.2 Å². The summed E-state index contributed by atoms with van der Waals surface area (Å²) in [4.78, 5) is 22.1. The zero-order valence-corrected chi connectivity index (χ0v) is 21.2. The number of aryl methyl sites for hydroxylation is 1. The first-order valence-electron chi connectivity index (χ1n) is 12.2. The second-order valence-corrected chi connectivity index (χ2v) is 9.99. The summed E-state index contributed by atoms with van der Waals surface area (Å²) < 4.78 is 5.83. The second kappa shape index (κ2) is 11.4. The number of hydrogen-bond acceptors (Lipinski definition) is 6. The fourth-order valence-corrected chi connectivity index (χ4v) is 4.92. The van der Waals surface area contributed by atoms with E-state index in [1.165, 1.54) is 11.3 Å². The molecule has 0 aliphatic carbocycles. The summed E-state index contributed by atoms with van der Waals surface area (Å²) >= 11 is 1.60. The van der Waals surface area contributed by atoms with Crippen LogP contribution >= 0.6 is 11.3 Å². The number of carbonyl (C=O) groups is 1. The first-order chi connectivity index (χ1) is 17.6. The highest BCUT2D eigenvalue weighted by atomic mass is 32.1. The first kappa shape index (κ1) is 24.0. The van der Waals surface area contributed by atoms with Crippen molar-refractivity contribution in [2.75, 3.05) is 36.4 Å². The van der Waals surface area contributed by atoms with E-state index in [9.17, 15) is 4.79 Å². The van der Waals surface area contributed by atoms with Gasteiger partial charge in [-0.1, -0.05) is 36.4 Å². The van der Waals surface area contributed by atoms with Crippen molar-refractivity contribution in [3.05, 3.63) is 106 Å². The van der Waals surface area contributed by atoms with Crippen LogP contribution in [0, 0.1) is 6.92 Å². The summed E-state index contributed by atoms with van der Waals surface area (Å²) in [5.41, 5.74) is 4.76. The SMILES string of the molecule is Cc1nc(COc2cccc(C(=O)Nc3ccc(N4CCN(Cc5ccccc5)CC4)cc3)c2)cs1. The van der Waals surface area contributed by atoms with Gasteiger partial charge in [0.1, 0.15) is 12.4 Å². The molecule has 1 amide bonds. The quantitative estimate of drug-likeness (QED) is 0.342. The standard InChI is InChI=1S/C29H30N4O2S/c1-22-30-26(21-36-22)20-35-28-9-5-8-24(18-28)29(34)31-25-10-12-27(13-11-25)33-16-14-32(15-17-33)19-23-6-3-2-4-7-23/h2-13,18,21H,14-17,19-20H2,1H3,(H,31,34). The van der Waals surface area contributed by atoms with E-state index in [0.29, 0.717) is 17.9 Å². The van der Waals surface area contributed by atoms with Crippen molar-refractivity contribution in [3.8, 4) is 5.75 Å². The summed E-state index contributed by atoms with van der Waals surface area (Å²) in [6.45, 7) is 7.41. The van der Waals surface area contributed by atoms with Crippen LogP contribution in [0.5, 0.6) is 5.75 Å². The van der Waals surface area contributed by atoms with Crippen LogP contribution in [0.4, 0.5) is 11.4 Å². The summed E-state index contributed by atoms with van der Waals surface area (Å²) in [6.07, 6.45) is 0. The Morgan fingerprint density at radius 1 is 0.972 bits per heavy atom. The number of thiazole rings is 1. The Balaban J connectivity index is 1.12. The molecule has 0 unspecified atom stereocenters. The zero-order valence-electron chi connectivity index (χ0n) is 20.4. The molecule has 184 valence electrons. The van der Waals surface area contributed by atoms with Gasteiger partial charge in [-0.05, 0) is 55.0 Å². The van der Waals surface area contributed by atoms with Gasteiger partial charge >= 0.3 is 0 Å². The van der Waals surface area contributed by atoms with E-state index >= 15 is 0 Å². The highest BCUT2D eigenvalue weighted by Crippen LogP contribution is 2.22. The summed E-state index contributed by atoms with van der Waals surface area (Å²) in [5.74, 6) is 0.488. The molecule has 0 bridgehead atoms. The lowest BCUT2D eigenvalue weighted by Gasteiger charge is -2.36. The molecule has 0 radical (unpaired) electrons. The van der Waals surface area contributed by atoms with Crippen LogP contribution in [-0.4, -0.2) is 42.0 Å². The first-order valence-corrected chi connectivity index (χ1v) is 13.1. The zero-order chi connectivity index (χ0) is 24.7. The van der Waals surface area contributed by atoms with Crippen molar-refractivity contribution >= 4 is 28.6 Å². The molecule has 6 nitrogen and oxygen atoms in total. The third-order valence-electron chi connectivity index (χ3n) is 6.26. The van der Waals surface area contributed by atoms with Gasteiger partial charge in [-0.2, -0.15) is 0 Å². The number of nitrogens with zero attached hydrogens (tertiary/aromatic N) is 3. The lowest BCUT2D eigenvalue weighted by atomic mass is 10.1. The molecule has 1 aliphatic heterocycles. The van der Waals surface area contributed by atoms with E-state index in [0.717, 1.165) is 49.1 Å². The molecule has 36 heavy (non-hydrogen) atoms. The number of ether oxygens (including phenoxy) is 1. The molecule has 2 heterocycles. The normalized spacial score (nSPS) is 14.0. The fourth-order valence-electron chi connectivity index (χ4n) is 4.32. The Kier molecular flexibility index (Phi) is 7.59. The number of aromatic nitrogens is 1. The maximum absolute atomic E-state index is 12.8. The van der Waals surface area contributed by atoms with Gasteiger partial charge in [0.15, 0.2) is 0 Å². The van der Waals surface area contributed by atoms with E-state index in [2.05, 4.69) is 62.6 Å². The monoisotopic (exact) mass is 498 g/mol. The molecular formula is C29H30N4O2S. The van der Waals surface area contributed by atoms with Gasteiger partial charge in [0.25, 0.3) is 5.91 Å². The van der Waals surface area contributed by atoms with Gasteiger partial charge < -0.3 is 15.0 Å². The third kappa shape index (κ3) is 6.30. The van der Waals surface area contributed by atoms with Gasteiger partial charge in [-0.25, -0.2) is 4.98 Å². The highest BCUT2D eigenvalue weighted by molar-refractivity contribution is 7.09. The molecular weight excluding hydrogens is 468 g/mol. The largest absolute Gasteiger partial charge is 0.487 e. The maximum Gasteiger partial charge on any atom is 0.255 e. The van der Waals surface area contributed by atoms with E-state index in [4.69, 9.17) is 4.74 Å². The molecule has 1 saturated heterocycles. The number of carbonyl (C=O) groups excluding carboxylic acids is 1. The average molecular weight is 499 g/mol. The van der Waals surface area contributed by atoms with Gasteiger partial charge in [0.05, 0.1) is 10.7 Å². The minimum atomic E-state index is -0.160. The molecule has 1 aromatic heterocycles. The van der Waals surface area contributed by atoms with Gasteiger partial charge in [0, 0.05) is 55.0 Å². The molecule has 0 saturated carbocycles. The number of nitrogens with one attached hydrogen (secondary N) is 1. The lowest BCUT2D eigenvalue weighted by Crippen LogP contribution is -2.45. The third-order valence-corrected chi connectivity index (χ3v) is 7.08. The topological polar surface area (TPSA) is 57.7 Å². The van der Waals surface area contributed by atoms with Crippen molar-refractivity contribution in [1.29, 1.82) is 0 Å². The van der Waals surface area contributed by atoms with E-state index < -0.39 is 0 Å². The fraction of sp³-hybridized carbons (Fsp3) is 0.241. The Morgan fingerprint density at radius 3 is 2.47 bits per heavy atom. The predicted molar refractivity (Wildman–Crippen MR) is 146 cm³/mol. The number of benzene rings is 3. The minimum absolute atomic E-state index is 0.160. The Hall–Kier alpha value is -3.68. The van der Waals surface area contributed by atoms with E-state index in [1.807, 2.05) is 36.6 Å². The highest BCUT2D eigenvalue weighted by Gasteiger charge is 2.17. The van der Waals surface area contributed by atoms with E-state index in [1.54, 1.807) is 23.5 Å². The van der Waals surface area contributed by atoms with Crippen molar-refractivity contribution in [3.63, 3.8) is 0 Å².